The van der Waals surface area contributed by atoms with Crippen LogP contribution in [0.2, 0.25) is 0 Å². The zero-order chi connectivity index (χ0) is 19.4. The summed E-state index contributed by atoms with van der Waals surface area (Å²) in [6, 6.07) is 14.7. The van der Waals surface area contributed by atoms with Crippen LogP contribution in [0.3, 0.4) is 0 Å². The highest BCUT2D eigenvalue weighted by Crippen LogP contribution is 2.28. The number of hydrogen-bond acceptors (Lipinski definition) is 6. The van der Waals surface area contributed by atoms with Gasteiger partial charge < -0.3 is 15.0 Å². The van der Waals surface area contributed by atoms with E-state index in [2.05, 4.69) is 10.3 Å². The monoisotopic (exact) mass is 383 g/mol. The van der Waals surface area contributed by atoms with E-state index < -0.39 is 5.97 Å². The quantitative estimate of drug-likeness (QED) is 0.657. The van der Waals surface area contributed by atoms with Gasteiger partial charge in [0.1, 0.15) is 5.01 Å². The number of thiazole rings is 1. The topological polar surface area (TPSA) is 71.5 Å². The lowest BCUT2D eigenvalue weighted by Crippen LogP contribution is -2.33. The molecule has 1 N–H and O–H groups in total. The Labute approximate surface area is 161 Å². The fourth-order valence-electron chi connectivity index (χ4n) is 2.64. The molecule has 1 heterocycles. The van der Waals surface area contributed by atoms with Crippen LogP contribution in [0.5, 0.6) is 0 Å². The molecule has 0 fully saturated rings. The maximum atomic E-state index is 12.5. The van der Waals surface area contributed by atoms with Gasteiger partial charge in [-0.3, -0.25) is 4.79 Å². The first kappa shape index (κ1) is 18.8. The van der Waals surface area contributed by atoms with Crippen molar-refractivity contribution in [2.24, 2.45) is 0 Å². The van der Waals surface area contributed by atoms with Crippen molar-refractivity contribution in [3.63, 3.8) is 0 Å². The average molecular weight is 383 g/mol. The first-order chi connectivity index (χ1) is 13.0. The maximum Gasteiger partial charge on any atom is 0.340 e. The number of amides is 1. The molecule has 0 radical (unpaired) electrons. The molecule has 1 aromatic heterocycles. The molecule has 0 aliphatic rings. The number of hydrogen-bond donors (Lipinski definition) is 1. The molecule has 0 aliphatic carbocycles. The van der Waals surface area contributed by atoms with E-state index >= 15 is 0 Å². The number of carbonyl (C=O) groups excluding carboxylic acids is 2. The van der Waals surface area contributed by atoms with E-state index in [-0.39, 0.29) is 18.6 Å². The van der Waals surface area contributed by atoms with Gasteiger partial charge in [0.25, 0.3) is 5.91 Å². The molecule has 0 saturated carbocycles. The Morgan fingerprint density at radius 2 is 1.89 bits per heavy atom. The minimum atomic E-state index is -0.533. The molecule has 2 aromatic carbocycles. The second-order valence-electron chi connectivity index (χ2n) is 6.07. The van der Waals surface area contributed by atoms with Crippen molar-refractivity contribution in [1.82, 2.24) is 9.88 Å². The summed E-state index contributed by atoms with van der Waals surface area (Å²) in [4.78, 5) is 30.9. The fraction of sp³-hybridized carbons (Fsp3) is 0.250. The number of fused-ring (bicyclic) bond motifs is 1. The van der Waals surface area contributed by atoms with E-state index in [1.807, 2.05) is 37.3 Å². The number of carbonyl (C=O) groups is 2. The van der Waals surface area contributed by atoms with E-state index in [9.17, 15) is 9.59 Å². The van der Waals surface area contributed by atoms with Gasteiger partial charge >= 0.3 is 5.97 Å². The maximum absolute atomic E-state index is 12.5. The van der Waals surface area contributed by atoms with Crippen molar-refractivity contribution in [3.8, 4) is 0 Å². The van der Waals surface area contributed by atoms with E-state index in [0.29, 0.717) is 11.3 Å². The van der Waals surface area contributed by atoms with Crippen molar-refractivity contribution in [1.29, 1.82) is 0 Å². The van der Waals surface area contributed by atoms with E-state index in [1.54, 1.807) is 48.5 Å². The molecule has 0 saturated heterocycles. The minimum absolute atomic E-state index is 0.210. The lowest BCUT2D eigenvalue weighted by atomic mass is 10.2. The molecule has 0 bridgehead atoms. The Bertz CT molecular complexity index is 937. The number of anilines is 1. The predicted octanol–water partition coefficient (Wildman–Crippen LogP) is 3.71. The molecule has 7 heteroatoms. The van der Waals surface area contributed by atoms with Gasteiger partial charge in [0.05, 0.1) is 21.8 Å². The number of esters is 1. The first-order valence-corrected chi connectivity index (χ1v) is 9.38. The first-order valence-electron chi connectivity index (χ1n) is 8.56. The molecule has 0 spiro atoms. The van der Waals surface area contributed by atoms with Gasteiger partial charge in [-0.2, -0.15) is 0 Å². The van der Waals surface area contributed by atoms with Crippen molar-refractivity contribution in [3.05, 3.63) is 59.1 Å². The molecule has 0 unspecified atom stereocenters. The summed E-state index contributed by atoms with van der Waals surface area (Å²) in [5.74, 6) is -0.814. The van der Waals surface area contributed by atoms with Crippen LogP contribution in [0.4, 0.5) is 5.69 Å². The van der Waals surface area contributed by atoms with Gasteiger partial charge in [-0.25, -0.2) is 9.78 Å². The Morgan fingerprint density at radius 1 is 1.19 bits per heavy atom. The zero-order valence-corrected chi connectivity index (χ0v) is 16.2. The van der Waals surface area contributed by atoms with Gasteiger partial charge in [0, 0.05) is 19.8 Å². The molecule has 3 rings (SSSR count). The van der Waals surface area contributed by atoms with Crippen LogP contribution < -0.4 is 5.32 Å². The molecule has 27 heavy (non-hydrogen) atoms. The number of para-hydroxylation sites is 2. The number of likely N-dealkylation sites (N-methyl/N-ethyl adjacent to an activating group) is 1. The number of rotatable bonds is 6. The van der Waals surface area contributed by atoms with Crippen LogP contribution in [0.15, 0.2) is 48.5 Å². The average Bonchev–Trinajstić information content (AvgIpc) is 3.14. The summed E-state index contributed by atoms with van der Waals surface area (Å²) >= 11 is 1.56. The Hall–Kier alpha value is -2.93. The van der Waals surface area contributed by atoms with Crippen LogP contribution in [0, 0.1) is 0 Å². The SMILES string of the molecule is CNc1ccccc1C(=O)OCC(=O)N(C)[C@@H](C)c1nc2ccccc2s1. The second kappa shape index (κ2) is 8.18. The molecule has 1 amide bonds. The lowest BCUT2D eigenvalue weighted by Gasteiger charge is -2.23. The highest BCUT2D eigenvalue weighted by molar-refractivity contribution is 7.18. The summed E-state index contributed by atoms with van der Waals surface area (Å²) in [5.41, 5.74) is 1.97. The van der Waals surface area contributed by atoms with Gasteiger partial charge in [-0.1, -0.05) is 24.3 Å². The third kappa shape index (κ3) is 4.09. The molecular weight excluding hydrogens is 362 g/mol. The number of nitrogens with one attached hydrogen (secondary N) is 1. The number of nitrogens with zero attached hydrogens (tertiary/aromatic N) is 2. The highest BCUT2D eigenvalue weighted by atomic mass is 32.1. The van der Waals surface area contributed by atoms with Crippen LogP contribution in [-0.2, 0) is 9.53 Å². The summed E-state index contributed by atoms with van der Waals surface area (Å²) in [5, 5.41) is 3.78. The third-order valence-corrected chi connectivity index (χ3v) is 5.59. The van der Waals surface area contributed by atoms with Crippen LogP contribution in [0.1, 0.15) is 28.3 Å². The second-order valence-corrected chi connectivity index (χ2v) is 7.13. The van der Waals surface area contributed by atoms with Crippen molar-refractivity contribution in [2.75, 3.05) is 26.0 Å². The van der Waals surface area contributed by atoms with E-state index in [4.69, 9.17) is 4.74 Å². The molecule has 0 aliphatic heterocycles. The largest absolute Gasteiger partial charge is 0.452 e. The smallest absolute Gasteiger partial charge is 0.340 e. The van der Waals surface area contributed by atoms with Gasteiger partial charge in [0.15, 0.2) is 6.61 Å². The number of aromatic nitrogens is 1. The van der Waals surface area contributed by atoms with Crippen molar-refractivity contribution < 1.29 is 14.3 Å². The number of ether oxygens (including phenoxy) is 1. The van der Waals surface area contributed by atoms with Crippen LogP contribution in [0.25, 0.3) is 10.2 Å². The molecule has 140 valence electrons. The molecule has 6 nitrogen and oxygen atoms in total. The molecular formula is C20H21N3O3S. The lowest BCUT2D eigenvalue weighted by molar-refractivity contribution is -0.135. The standard InChI is InChI=1S/C20H21N3O3S/c1-13(19-22-16-10-6-7-11-17(16)27-19)23(3)18(24)12-26-20(25)14-8-4-5-9-15(14)21-2/h4-11,13,21H,12H2,1-3H3/t13-/m0/s1. The normalized spacial score (nSPS) is 11.8. The van der Waals surface area contributed by atoms with E-state index in [1.165, 1.54) is 0 Å². The summed E-state index contributed by atoms with van der Waals surface area (Å²) in [7, 11) is 3.42. The third-order valence-electron chi connectivity index (χ3n) is 4.39. The summed E-state index contributed by atoms with van der Waals surface area (Å²) in [6.45, 7) is 1.59. The van der Waals surface area contributed by atoms with Gasteiger partial charge in [-0.15, -0.1) is 11.3 Å². The molecule has 3 aromatic rings. The Morgan fingerprint density at radius 3 is 2.63 bits per heavy atom. The van der Waals surface area contributed by atoms with Crippen LogP contribution >= 0.6 is 11.3 Å². The van der Waals surface area contributed by atoms with Crippen molar-refractivity contribution >= 4 is 39.1 Å². The summed E-state index contributed by atoms with van der Waals surface area (Å²) < 4.78 is 6.29. The number of benzene rings is 2. The predicted molar refractivity (Wildman–Crippen MR) is 107 cm³/mol. The molecule has 1 atom stereocenters. The minimum Gasteiger partial charge on any atom is -0.452 e. The van der Waals surface area contributed by atoms with Crippen molar-refractivity contribution in [2.45, 2.75) is 13.0 Å². The van der Waals surface area contributed by atoms with Crippen LogP contribution in [-0.4, -0.2) is 42.5 Å². The Balaban J connectivity index is 1.64. The zero-order valence-electron chi connectivity index (χ0n) is 15.4. The van der Waals surface area contributed by atoms with E-state index in [0.717, 1.165) is 15.2 Å². The fourth-order valence-corrected chi connectivity index (χ4v) is 3.70. The van der Waals surface area contributed by atoms with Gasteiger partial charge in [-0.05, 0) is 31.2 Å². The summed E-state index contributed by atoms with van der Waals surface area (Å²) in [6.07, 6.45) is 0. The van der Waals surface area contributed by atoms with Gasteiger partial charge in [0.2, 0.25) is 0 Å². The highest BCUT2D eigenvalue weighted by Gasteiger charge is 2.22. The Kier molecular flexibility index (Phi) is 5.71.